The number of nitrogens with one attached hydrogen (secondary N) is 2. The maximum atomic E-state index is 12.0. The molecule has 2 N–H and O–H groups in total. The topological polar surface area (TPSA) is 57.8 Å². The number of aryl methyl sites for hydroxylation is 1. The molecular formula is C19H19N3OS. The lowest BCUT2D eigenvalue weighted by molar-refractivity contribution is 0.0983. The molecule has 3 aromatic rings. The van der Waals surface area contributed by atoms with Crippen molar-refractivity contribution in [3.8, 4) is 0 Å². The van der Waals surface area contributed by atoms with Crippen LogP contribution in [0.15, 0.2) is 47.6 Å². The monoisotopic (exact) mass is 337 g/mol. The Morgan fingerprint density at radius 1 is 1.12 bits per heavy atom. The molecule has 0 unspecified atom stereocenters. The lowest BCUT2D eigenvalue weighted by Gasteiger charge is -2.20. The van der Waals surface area contributed by atoms with Crippen LogP contribution in [0.5, 0.6) is 0 Å². The SMILES string of the molecule is O=C1CCNc2c(CCCSc3nc4ccccc4[nH]3)cccc21. The van der Waals surface area contributed by atoms with Gasteiger partial charge in [-0.25, -0.2) is 4.98 Å². The number of para-hydroxylation sites is 3. The Morgan fingerprint density at radius 2 is 2.04 bits per heavy atom. The normalized spacial score (nSPS) is 13.8. The van der Waals surface area contributed by atoms with E-state index in [1.807, 2.05) is 36.4 Å². The van der Waals surface area contributed by atoms with E-state index in [0.717, 1.165) is 52.6 Å². The zero-order valence-corrected chi connectivity index (χ0v) is 14.2. The number of benzene rings is 2. The minimum atomic E-state index is 0.252. The number of H-pyrrole nitrogens is 1. The molecule has 2 heterocycles. The fraction of sp³-hybridized carbons (Fsp3) is 0.263. The molecule has 2 aromatic carbocycles. The molecule has 1 aliphatic heterocycles. The molecule has 1 aliphatic rings. The first-order valence-electron chi connectivity index (χ1n) is 8.28. The highest BCUT2D eigenvalue weighted by Crippen LogP contribution is 2.28. The highest BCUT2D eigenvalue weighted by atomic mass is 32.2. The van der Waals surface area contributed by atoms with Gasteiger partial charge in [0.1, 0.15) is 0 Å². The summed E-state index contributed by atoms with van der Waals surface area (Å²) in [6.07, 6.45) is 2.61. The van der Waals surface area contributed by atoms with Crippen molar-refractivity contribution in [2.45, 2.75) is 24.4 Å². The van der Waals surface area contributed by atoms with Crippen LogP contribution >= 0.6 is 11.8 Å². The molecule has 0 saturated heterocycles. The van der Waals surface area contributed by atoms with Gasteiger partial charge in [0.25, 0.3) is 0 Å². The van der Waals surface area contributed by atoms with Crippen LogP contribution in [-0.4, -0.2) is 28.0 Å². The standard InChI is InChI=1S/C19H19N3OS/c23-17-10-11-20-18-13(5-3-7-14(17)18)6-4-12-24-19-21-15-8-1-2-9-16(15)22-19/h1-3,5,7-9,20H,4,6,10-12H2,(H,21,22). The number of carbonyl (C=O) groups is 1. The number of rotatable bonds is 5. The van der Waals surface area contributed by atoms with Crippen LogP contribution in [0.1, 0.15) is 28.8 Å². The number of Topliss-reactive ketones (excluding diaryl/α,β-unsaturated/α-hetero) is 1. The number of nitrogens with zero attached hydrogens (tertiary/aromatic N) is 1. The van der Waals surface area contributed by atoms with Crippen molar-refractivity contribution in [1.29, 1.82) is 0 Å². The van der Waals surface area contributed by atoms with Gasteiger partial charge in [0.2, 0.25) is 0 Å². The maximum absolute atomic E-state index is 12.0. The minimum Gasteiger partial charge on any atom is -0.384 e. The van der Waals surface area contributed by atoms with E-state index in [9.17, 15) is 4.79 Å². The average molecular weight is 337 g/mol. The van der Waals surface area contributed by atoms with Crippen molar-refractivity contribution in [1.82, 2.24) is 9.97 Å². The Morgan fingerprint density at radius 3 is 2.96 bits per heavy atom. The van der Waals surface area contributed by atoms with E-state index in [0.29, 0.717) is 6.42 Å². The van der Waals surface area contributed by atoms with Gasteiger partial charge in [-0.3, -0.25) is 4.79 Å². The van der Waals surface area contributed by atoms with Gasteiger partial charge in [0, 0.05) is 30.0 Å². The summed E-state index contributed by atoms with van der Waals surface area (Å²) in [6.45, 7) is 0.747. The Balaban J connectivity index is 1.38. The number of carbonyl (C=O) groups excluding carboxylic acids is 1. The molecular weight excluding hydrogens is 318 g/mol. The molecule has 0 spiro atoms. The van der Waals surface area contributed by atoms with Crippen LogP contribution in [-0.2, 0) is 6.42 Å². The van der Waals surface area contributed by atoms with Crippen LogP contribution in [0, 0.1) is 0 Å². The summed E-state index contributed by atoms with van der Waals surface area (Å²) < 4.78 is 0. The Kier molecular flexibility index (Phi) is 4.26. The first kappa shape index (κ1) is 15.3. The third-order valence-electron chi connectivity index (χ3n) is 4.30. The highest BCUT2D eigenvalue weighted by Gasteiger charge is 2.18. The second-order valence-electron chi connectivity index (χ2n) is 5.95. The molecule has 0 amide bonds. The van der Waals surface area contributed by atoms with E-state index >= 15 is 0 Å². The molecule has 0 fully saturated rings. The van der Waals surface area contributed by atoms with E-state index in [2.05, 4.69) is 21.4 Å². The lowest BCUT2D eigenvalue weighted by atomic mass is 9.96. The van der Waals surface area contributed by atoms with Gasteiger partial charge in [-0.05, 0) is 36.6 Å². The Hall–Kier alpha value is -2.27. The molecule has 0 saturated carbocycles. The number of ketones is 1. The number of thioether (sulfide) groups is 1. The fourth-order valence-electron chi connectivity index (χ4n) is 3.11. The average Bonchev–Trinajstić information content (AvgIpc) is 3.02. The number of hydrogen-bond donors (Lipinski definition) is 2. The van der Waals surface area contributed by atoms with Crippen LogP contribution in [0.3, 0.4) is 0 Å². The summed E-state index contributed by atoms with van der Waals surface area (Å²) in [5.74, 6) is 1.25. The maximum Gasteiger partial charge on any atom is 0.166 e. The second kappa shape index (κ2) is 6.69. The van der Waals surface area contributed by atoms with E-state index in [-0.39, 0.29) is 5.78 Å². The van der Waals surface area contributed by atoms with Gasteiger partial charge >= 0.3 is 0 Å². The molecule has 122 valence electrons. The predicted molar refractivity (Wildman–Crippen MR) is 99.0 cm³/mol. The van der Waals surface area contributed by atoms with E-state index < -0.39 is 0 Å². The molecule has 0 bridgehead atoms. The molecule has 24 heavy (non-hydrogen) atoms. The highest BCUT2D eigenvalue weighted by molar-refractivity contribution is 7.99. The zero-order valence-electron chi connectivity index (χ0n) is 13.3. The van der Waals surface area contributed by atoms with Crippen LogP contribution in [0.4, 0.5) is 5.69 Å². The van der Waals surface area contributed by atoms with Crippen molar-refractivity contribution < 1.29 is 4.79 Å². The first-order valence-corrected chi connectivity index (χ1v) is 9.26. The molecule has 0 aliphatic carbocycles. The van der Waals surface area contributed by atoms with Gasteiger partial charge in [0.15, 0.2) is 10.9 Å². The van der Waals surface area contributed by atoms with Crippen molar-refractivity contribution in [2.24, 2.45) is 0 Å². The molecule has 1 aromatic heterocycles. The summed E-state index contributed by atoms with van der Waals surface area (Å²) >= 11 is 1.75. The smallest absolute Gasteiger partial charge is 0.166 e. The summed E-state index contributed by atoms with van der Waals surface area (Å²) in [5.41, 5.74) is 5.23. The Labute approximate surface area is 145 Å². The van der Waals surface area contributed by atoms with Crippen molar-refractivity contribution in [3.05, 3.63) is 53.6 Å². The summed E-state index contributed by atoms with van der Waals surface area (Å²) in [7, 11) is 0. The molecule has 5 heteroatoms. The number of hydrogen-bond acceptors (Lipinski definition) is 4. The number of aromatic nitrogens is 2. The van der Waals surface area contributed by atoms with E-state index in [4.69, 9.17) is 0 Å². The number of anilines is 1. The van der Waals surface area contributed by atoms with Gasteiger partial charge in [-0.15, -0.1) is 0 Å². The number of imidazole rings is 1. The zero-order chi connectivity index (χ0) is 16.4. The third-order valence-corrected chi connectivity index (χ3v) is 5.26. The van der Waals surface area contributed by atoms with Crippen LogP contribution < -0.4 is 5.32 Å². The number of fused-ring (bicyclic) bond motifs is 2. The second-order valence-corrected chi connectivity index (χ2v) is 7.03. The Bertz CT molecular complexity index is 854. The van der Waals surface area contributed by atoms with Gasteiger partial charge in [-0.2, -0.15) is 0 Å². The van der Waals surface area contributed by atoms with Crippen LogP contribution in [0.2, 0.25) is 0 Å². The first-order chi connectivity index (χ1) is 11.8. The van der Waals surface area contributed by atoms with E-state index in [1.54, 1.807) is 11.8 Å². The van der Waals surface area contributed by atoms with E-state index in [1.165, 1.54) is 5.56 Å². The summed E-state index contributed by atoms with van der Waals surface area (Å²) in [6, 6.07) is 14.1. The largest absolute Gasteiger partial charge is 0.384 e. The van der Waals surface area contributed by atoms with Crippen molar-refractivity contribution in [3.63, 3.8) is 0 Å². The van der Waals surface area contributed by atoms with Gasteiger partial charge < -0.3 is 10.3 Å². The van der Waals surface area contributed by atoms with Gasteiger partial charge in [0.05, 0.1) is 11.0 Å². The fourth-order valence-corrected chi connectivity index (χ4v) is 3.94. The number of aromatic amines is 1. The lowest BCUT2D eigenvalue weighted by Crippen LogP contribution is -2.19. The van der Waals surface area contributed by atoms with Gasteiger partial charge in [-0.1, -0.05) is 36.0 Å². The molecule has 0 atom stereocenters. The molecule has 4 rings (SSSR count). The minimum absolute atomic E-state index is 0.252. The van der Waals surface area contributed by atoms with Crippen molar-refractivity contribution in [2.75, 3.05) is 17.6 Å². The quantitative estimate of drug-likeness (QED) is 0.539. The molecule has 4 nitrogen and oxygen atoms in total. The molecule has 0 radical (unpaired) electrons. The summed E-state index contributed by atoms with van der Waals surface area (Å²) in [4.78, 5) is 19.9. The van der Waals surface area contributed by atoms with Crippen molar-refractivity contribution >= 4 is 34.3 Å². The predicted octanol–water partition coefficient (Wildman–Crippen LogP) is 4.29. The third kappa shape index (κ3) is 3.04. The van der Waals surface area contributed by atoms with Crippen LogP contribution in [0.25, 0.3) is 11.0 Å². The summed E-state index contributed by atoms with van der Waals surface area (Å²) in [5, 5.41) is 4.36.